The zero-order valence-electron chi connectivity index (χ0n) is 10.4. The van der Waals surface area contributed by atoms with Gasteiger partial charge in [0.1, 0.15) is 11.5 Å². The number of nitrogens with one attached hydrogen (secondary N) is 1. The smallest absolute Gasteiger partial charge is 0.272 e. The third kappa shape index (κ3) is 2.87. The summed E-state index contributed by atoms with van der Waals surface area (Å²) in [6, 6.07) is 7.40. The normalized spacial score (nSPS) is 10.1. The minimum atomic E-state index is -0.0710. The highest BCUT2D eigenvalue weighted by molar-refractivity contribution is 7.07. The SMILES string of the molecule is CNc1cccc(C(=O)N(C)Cc2ccsc2)n1. The summed E-state index contributed by atoms with van der Waals surface area (Å²) < 4.78 is 0. The van der Waals surface area contributed by atoms with Gasteiger partial charge >= 0.3 is 0 Å². The van der Waals surface area contributed by atoms with Gasteiger partial charge in [0.15, 0.2) is 0 Å². The lowest BCUT2D eigenvalue weighted by molar-refractivity contribution is 0.0779. The van der Waals surface area contributed by atoms with Gasteiger partial charge in [-0.3, -0.25) is 4.79 Å². The lowest BCUT2D eigenvalue weighted by atomic mass is 10.2. The first-order valence-electron chi connectivity index (χ1n) is 5.62. The summed E-state index contributed by atoms with van der Waals surface area (Å²) in [6.07, 6.45) is 0. The molecule has 18 heavy (non-hydrogen) atoms. The summed E-state index contributed by atoms with van der Waals surface area (Å²) >= 11 is 1.63. The molecule has 5 heteroatoms. The van der Waals surface area contributed by atoms with Crippen LogP contribution in [0, 0.1) is 0 Å². The van der Waals surface area contributed by atoms with Crippen LogP contribution in [0.1, 0.15) is 16.1 Å². The van der Waals surface area contributed by atoms with E-state index in [1.807, 2.05) is 29.0 Å². The third-order valence-corrected chi connectivity index (χ3v) is 3.30. The molecular formula is C13H15N3OS. The molecular weight excluding hydrogens is 246 g/mol. The van der Waals surface area contributed by atoms with Crippen molar-refractivity contribution in [1.82, 2.24) is 9.88 Å². The van der Waals surface area contributed by atoms with Crippen molar-refractivity contribution in [2.24, 2.45) is 0 Å². The van der Waals surface area contributed by atoms with Crippen molar-refractivity contribution in [3.63, 3.8) is 0 Å². The minimum Gasteiger partial charge on any atom is -0.373 e. The molecule has 0 aliphatic heterocycles. The second-order valence-electron chi connectivity index (χ2n) is 3.95. The van der Waals surface area contributed by atoms with Crippen LogP contribution >= 0.6 is 11.3 Å². The first kappa shape index (κ1) is 12.6. The van der Waals surface area contributed by atoms with E-state index in [0.29, 0.717) is 18.1 Å². The molecule has 0 radical (unpaired) electrons. The van der Waals surface area contributed by atoms with Gasteiger partial charge in [-0.1, -0.05) is 6.07 Å². The zero-order chi connectivity index (χ0) is 13.0. The monoisotopic (exact) mass is 261 g/mol. The maximum absolute atomic E-state index is 12.2. The fourth-order valence-corrected chi connectivity index (χ4v) is 2.28. The highest BCUT2D eigenvalue weighted by atomic mass is 32.1. The molecule has 1 amide bonds. The van der Waals surface area contributed by atoms with Crippen LogP contribution in [0.4, 0.5) is 5.82 Å². The number of carbonyl (C=O) groups is 1. The van der Waals surface area contributed by atoms with Gasteiger partial charge in [0.25, 0.3) is 5.91 Å². The van der Waals surface area contributed by atoms with Gasteiger partial charge < -0.3 is 10.2 Å². The molecule has 0 saturated heterocycles. The number of pyridine rings is 1. The Morgan fingerprint density at radius 2 is 2.28 bits per heavy atom. The van der Waals surface area contributed by atoms with E-state index in [9.17, 15) is 4.79 Å². The first-order valence-corrected chi connectivity index (χ1v) is 6.56. The number of carbonyl (C=O) groups excluding carboxylic acids is 1. The molecule has 0 aromatic carbocycles. The van der Waals surface area contributed by atoms with Gasteiger partial charge in [0.2, 0.25) is 0 Å². The number of thiophene rings is 1. The summed E-state index contributed by atoms with van der Waals surface area (Å²) in [5.41, 5.74) is 1.60. The van der Waals surface area contributed by atoms with Crippen molar-refractivity contribution >= 4 is 23.1 Å². The largest absolute Gasteiger partial charge is 0.373 e. The molecule has 0 aliphatic rings. The molecule has 4 nitrogen and oxygen atoms in total. The van der Waals surface area contributed by atoms with Crippen molar-refractivity contribution in [1.29, 1.82) is 0 Å². The van der Waals surface area contributed by atoms with E-state index in [1.165, 1.54) is 0 Å². The zero-order valence-corrected chi connectivity index (χ0v) is 11.2. The third-order valence-electron chi connectivity index (χ3n) is 2.57. The number of rotatable bonds is 4. The fourth-order valence-electron chi connectivity index (χ4n) is 1.62. The molecule has 0 bridgehead atoms. The van der Waals surface area contributed by atoms with Crippen LogP contribution in [0.15, 0.2) is 35.0 Å². The number of anilines is 1. The summed E-state index contributed by atoms with van der Waals surface area (Å²) in [5.74, 6) is 0.628. The second-order valence-corrected chi connectivity index (χ2v) is 4.73. The van der Waals surface area contributed by atoms with E-state index < -0.39 is 0 Å². The van der Waals surface area contributed by atoms with Gasteiger partial charge in [-0.05, 0) is 34.5 Å². The van der Waals surface area contributed by atoms with E-state index >= 15 is 0 Å². The minimum absolute atomic E-state index is 0.0710. The van der Waals surface area contributed by atoms with E-state index in [4.69, 9.17) is 0 Å². The average Bonchev–Trinajstić information content (AvgIpc) is 2.90. The highest BCUT2D eigenvalue weighted by Crippen LogP contribution is 2.11. The van der Waals surface area contributed by atoms with Crippen molar-refractivity contribution in [3.8, 4) is 0 Å². The number of hydrogen-bond donors (Lipinski definition) is 1. The van der Waals surface area contributed by atoms with Crippen molar-refractivity contribution < 1.29 is 4.79 Å². The van der Waals surface area contributed by atoms with Gasteiger partial charge in [0, 0.05) is 20.6 Å². The van der Waals surface area contributed by atoms with Crippen LogP contribution in [0.25, 0.3) is 0 Å². The first-order chi connectivity index (χ1) is 8.70. The van der Waals surface area contributed by atoms with Crippen LogP contribution in [-0.4, -0.2) is 29.9 Å². The van der Waals surface area contributed by atoms with Crippen LogP contribution in [0.3, 0.4) is 0 Å². The fraction of sp³-hybridized carbons (Fsp3) is 0.231. The number of amides is 1. The molecule has 2 aromatic rings. The number of nitrogens with zero attached hydrogens (tertiary/aromatic N) is 2. The average molecular weight is 261 g/mol. The predicted octanol–water partition coefficient (Wildman–Crippen LogP) is 2.46. The Labute approximate surface area is 110 Å². The molecule has 94 valence electrons. The molecule has 0 spiro atoms. The Morgan fingerprint density at radius 1 is 1.44 bits per heavy atom. The van der Waals surface area contributed by atoms with Crippen LogP contribution in [0.2, 0.25) is 0 Å². The van der Waals surface area contributed by atoms with Crippen LogP contribution < -0.4 is 5.32 Å². The van der Waals surface area contributed by atoms with E-state index in [2.05, 4.69) is 10.3 Å². The Balaban J connectivity index is 2.10. The summed E-state index contributed by atoms with van der Waals surface area (Å²) in [5, 5.41) is 6.98. The molecule has 2 rings (SSSR count). The number of aromatic nitrogens is 1. The predicted molar refractivity (Wildman–Crippen MR) is 73.9 cm³/mol. The molecule has 0 fully saturated rings. The maximum atomic E-state index is 12.2. The molecule has 0 aliphatic carbocycles. The van der Waals surface area contributed by atoms with Crippen LogP contribution in [-0.2, 0) is 6.54 Å². The standard InChI is InChI=1S/C13H15N3OS/c1-14-12-5-3-4-11(15-12)13(17)16(2)8-10-6-7-18-9-10/h3-7,9H,8H2,1-2H3,(H,14,15). The Morgan fingerprint density at radius 3 is 2.94 bits per heavy atom. The van der Waals surface area contributed by atoms with E-state index in [-0.39, 0.29) is 5.91 Å². The van der Waals surface area contributed by atoms with Gasteiger partial charge in [-0.15, -0.1) is 0 Å². The Hall–Kier alpha value is -1.88. The molecule has 0 saturated carbocycles. The van der Waals surface area contributed by atoms with Crippen molar-refractivity contribution in [2.75, 3.05) is 19.4 Å². The summed E-state index contributed by atoms with van der Waals surface area (Å²) in [4.78, 5) is 18.1. The van der Waals surface area contributed by atoms with Crippen molar-refractivity contribution in [3.05, 3.63) is 46.3 Å². The molecule has 2 heterocycles. The Bertz CT molecular complexity index is 525. The lowest BCUT2D eigenvalue weighted by Crippen LogP contribution is -2.26. The maximum Gasteiger partial charge on any atom is 0.272 e. The quantitative estimate of drug-likeness (QED) is 0.919. The number of hydrogen-bond acceptors (Lipinski definition) is 4. The topological polar surface area (TPSA) is 45.2 Å². The molecule has 0 unspecified atom stereocenters. The highest BCUT2D eigenvalue weighted by Gasteiger charge is 2.13. The van der Waals surface area contributed by atoms with Crippen molar-refractivity contribution in [2.45, 2.75) is 6.54 Å². The second kappa shape index (κ2) is 5.64. The molecule has 2 aromatic heterocycles. The summed E-state index contributed by atoms with van der Waals surface area (Å²) in [6.45, 7) is 0.605. The molecule has 1 N–H and O–H groups in total. The Kier molecular flexibility index (Phi) is 3.94. The molecule has 0 atom stereocenters. The summed E-state index contributed by atoms with van der Waals surface area (Å²) in [7, 11) is 3.57. The van der Waals surface area contributed by atoms with E-state index in [1.54, 1.807) is 36.4 Å². The van der Waals surface area contributed by atoms with Gasteiger partial charge in [-0.2, -0.15) is 11.3 Å². The lowest BCUT2D eigenvalue weighted by Gasteiger charge is -2.16. The van der Waals surface area contributed by atoms with Gasteiger partial charge in [0.05, 0.1) is 0 Å². The van der Waals surface area contributed by atoms with Crippen LogP contribution in [0.5, 0.6) is 0 Å². The van der Waals surface area contributed by atoms with Gasteiger partial charge in [-0.25, -0.2) is 4.98 Å². The van der Waals surface area contributed by atoms with E-state index in [0.717, 1.165) is 5.56 Å².